The zero-order valence-electron chi connectivity index (χ0n) is 23.0. The van der Waals surface area contributed by atoms with Crippen LogP contribution in [0.2, 0.25) is 0 Å². The van der Waals surface area contributed by atoms with Gasteiger partial charge in [0.2, 0.25) is 5.91 Å². The van der Waals surface area contributed by atoms with Crippen LogP contribution in [0.5, 0.6) is 5.75 Å². The van der Waals surface area contributed by atoms with E-state index in [0.717, 1.165) is 55.8 Å². The Morgan fingerprint density at radius 1 is 0.872 bits per heavy atom. The van der Waals surface area contributed by atoms with Gasteiger partial charge in [-0.25, -0.2) is 0 Å². The molecule has 1 aliphatic rings. The third-order valence-electron chi connectivity index (χ3n) is 7.39. The van der Waals surface area contributed by atoms with Crippen molar-refractivity contribution < 1.29 is 14.3 Å². The van der Waals surface area contributed by atoms with Crippen molar-refractivity contribution in [2.45, 2.75) is 51.0 Å². The van der Waals surface area contributed by atoms with E-state index in [-0.39, 0.29) is 11.8 Å². The number of carbonyl (C=O) groups is 2. The molecule has 1 fully saturated rings. The molecule has 39 heavy (non-hydrogen) atoms. The third-order valence-corrected chi connectivity index (χ3v) is 7.39. The van der Waals surface area contributed by atoms with Crippen molar-refractivity contribution in [2.24, 2.45) is 0 Å². The summed E-state index contributed by atoms with van der Waals surface area (Å²) in [4.78, 5) is 29.3. The van der Waals surface area contributed by atoms with Crippen LogP contribution in [-0.4, -0.2) is 56.0 Å². The summed E-state index contributed by atoms with van der Waals surface area (Å²) < 4.78 is 5.28. The number of benzene rings is 3. The van der Waals surface area contributed by atoms with E-state index in [1.165, 1.54) is 24.8 Å². The highest BCUT2D eigenvalue weighted by Gasteiger charge is 2.23. The number of rotatable bonds is 13. The number of carbonyl (C=O) groups excluding carboxylic acids is 2. The zero-order chi connectivity index (χ0) is 27.3. The molecule has 2 N–H and O–H groups in total. The molecular formula is C33H41N3O3. The van der Waals surface area contributed by atoms with E-state index in [1.807, 2.05) is 66.7 Å². The van der Waals surface area contributed by atoms with Crippen molar-refractivity contribution in [1.29, 1.82) is 0 Å². The molecule has 0 bridgehead atoms. The number of hydrogen-bond acceptors (Lipinski definition) is 4. The highest BCUT2D eigenvalue weighted by atomic mass is 16.5. The molecule has 0 unspecified atom stereocenters. The molecule has 6 heteroatoms. The maximum atomic E-state index is 13.5. The average molecular weight is 528 g/mol. The van der Waals surface area contributed by atoms with Crippen LogP contribution in [0.15, 0.2) is 78.9 Å². The average Bonchev–Trinajstić information content (AvgIpc) is 2.99. The van der Waals surface area contributed by atoms with Gasteiger partial charge >= 0.3 is 0 Å². The van der Waals surface area contributed by atoms with Crippen molar-refractivity contribution >= 4 is 11.8 Å². The molecule has 6 nitrogen and oxygen atoms in total. The molecule has 0 spiro atoms. The molecular weight excluding hydrogens is 486 g/mol. The van der Waals surface area contributed by atoms with Crippen LogP contribution < -0.4 is 15.4 Å². The summed E-state index contributed by atoms with van der Waals surface area (Å²) in [6, 6.07) is 24.9. The maximum absolute atomic E-state index is 13.5. The molecule has 0 saturated carbocycles. The predicted octanol–water partition coefficient (Wildman–Crippen LogP) is 5.48. The van der Waals surface area contributed by atoms with Gasteiger partial charge < -0.3 is 20.3 Å². The SMILES string of the molecule is COc1ccc(-c2ccccc2C(=O)N[C@@H](CCCN2CCCCC2)C(=O)NCCCc2ccccc2)cc1. The van der Waals surface area contributed by atoms with Crippen molar-refractivity contribution in [3.05, 3.63) is 90.0 Å². The van der Waals surface area contributed by atoms with Crippen LogP contribution in [0.3, 0.4) is 0 Å². The van der Waals surface area contributed by atoms with E-state index in [0.29, 0.717) is 18.5 Å². The van der Waals surface area contributed by atoms with Gasteiger partial charge in [0.25, 0.3) is 5.91 Å². The Kier molecular flexibility index (Phi) is 11.0. The second kappa shape index (κ2) is 15.1. The van der Waals surface area contributed by atoms with Gasteiger partial charge in [-0.2, -0.15) is 0 Å². The van der Waals surface area contributed by atoms with Crippen LogP contribution in [0.1, 0.15) is 54.4 Å². The summed E-state index contributed by atoms with van der Waals surface area (Å²) in [5.41, 5.74) is 3.57. The van der Waals surface area contributed by atoms with E-state index in [9.17, 15) is 9.59 Å². The first kappa shape index (κ1) is 28.4. The summed E-state index contributed by atoms with van der Waals surface area (Å²) in [6.45, 7) is 3.78. The van der Waals surface area contributed by atoms with Crippen molar-refractivity contribution in [3.63, 3.8) is 0 Å². The number of hydrogen-bond donors (Lipinski definition) is 2. The molecule has 1 saturated heterocycles. The fourth-order valence-corrected chi connectivity index (χ4v) is 5.18. The highest BCUT2D eigenvalue weighted by Crippen LogP contribution is 2.26. The van der Waals surface area contributed by atoms with Gasteiger partial charge in [0, 0.05) is 12.1 Å². The largest absolute Gasteiger partial charge is 0.497 e. The van der Waals surface area contributed by atoms with Crippen molar-refractivity contribution in [2.75, 3.05) is 33.3 Å². The molecule has 3 aromatic rings. The number of amides is 2. The van der Waals surface area contributed by atoms with Crippen LogP contribution in [0, 0.1) is 0 Å². The molecule has 4 rings (SSSR count). The number of nitrogens with zero attached hydrogens (tertiary/aromatic N) is 1. The Hall–Kier alpha value is -3.64. The molecule has 0 aliphatic carbocycles. The van der Waals surface area contributed by atoms with Gasteiger partial charge in [0.05, 0.1) is 7.11 Å². The summed E-state index contributed by atoms with van der Waals surface area (Å²) in [7, 11) is 1.63. The number of aryl methyl sites for hydroxylation is 1. The lowest BCUT2D eigenvalue weighted by atomic mass is 9.98. The van der Waals surface area contributed by atoms with Crippen LogP contribution in [-0.2, 0) is 11.2 Å². The number of likely N-dealkylation sites (tertiary alicyclic amines) is 1. The van der Waals surface area contributed by atoms with E-state index < -0.39 is 6.04 Å². The topological polar surface area (TPSA) is 70.7 Å². The quantitative estimate of drug-likeness (QED) is 0.289. The number of methoxy groups -OCH3 is 1. The Morgan fingerprint density at radius 2 is 1.59 bits per heavy atom. The minimum absolute atomic E-state index is 0.114. The standard InChI is InChI=1S/C33H41N3O3/c1-39-28-20-18-27(19-21-28)29-15-6-7-16-30(29)32(37)35-31(17-11-25-36-23-8-3-9-24-36)33(38)34-22-10-14-26-12-4-2-5-13-26/h2,4-7,12-13,15-16,18-21,31H,3,8-11,14,17,22-25H2,1H3,(H,34,38)(H,35,37)/t31-/m0/s1. The number of ether oxygens (including phenoxy) is 1. The van der Waals surface area contributed by atoms with Crippen LogP contribution >= 0.6 is 0 Å². The van der Waals surface area contributed by atoms with Gasteiger partial charge in [-0.05, 0) is 93.0 Å². The number of nitrogens with one attached hydrogen (secondary N) is 2. The first-order valence-corrected chi connectivity index (χ1v) is 14.2. The van der Waals surface area contributed by atoms with Gasteiger partial charge in [-0.3, -0.25) is 9.59 Å². The monoisotopic (exact) mass is 527 g/mol. The summed E-state index contributed by atoms with van der Waals surface area (Å²) in [6.07, 6.45) is 7.01. The zero-order valence-corrected chi connectivity index (χ0v) is 23.0. The molecule has 0 radical (unpaired) electrons. The van der Waals surface area contributed by atoms with Crippen molar-refractivity contribution in [1.82, 2.24) is 15.5 Å². The van der Waals surface area contributed by atoms with Crippen molar-refractivity contribution in [3.8, 4) is 16.9 Å². The van der Waals surface area contributed by atoms with E-state index in [1.54, 1.807) is 7.11 Å². The summed E-state index contributed by atoms with van der Waals surface area (Å²) in [5.74, 6) is 0.416. The second-order valence-corrected chi connectivity index (χ2v) is 10.2. The lowest BCUT2D eigenvalue weighted by molar-refractivity contribution is -0.123. The Labute approximate surface area is 232 Å². The Balaban J connectivity index is 1.40. The third kappa shape index (κ3) is 8.69. The molecule has 1 atom stereocenters. The van der Waals surface area contributed by atoms with E-state index in [4.69, 9.17) is 4.74 Å². The lowest BCUT2D eigenvalue weighted by Crippen LogP contribution is -2.47. The molecule has 0 aromatic heterocycles. The smallest absolute Gasteiger partial charge is 0.252 e. The highest BCUT2D eigenvalue weighted by molar-refractivity contribution is 6.02. The van der Waals surface area contributed by atoms with E-state index in [2.05, 4.69) is 27.7 Å². The maximum Gasteiger partial charge on any atom is 0.252 e. The fourth-order valence-electron chi connectivity index (χ4n) is 5.18. The van der Waals surface area contributed by atoms with Gasteiger partial charge in [-0.15, -0.1) is 0 Å². The molecule has 2 amide bonds. The Bertz CT molecular complexity index is 1170. The minimum Gasteiger partial charge on any atom is -0.497 e. The van der Waals surface area contributed by atoms with E-state index >= 15 is 0 Å². The van der Waals surface area contributed by atoms with Crippen LogP contribution in [0.25, 0.3) is 11.1 Å². The predicted molar refractivity (Wildman–Crippen MR) is 157 cm³/mol. The molecule has 1 aliphatic heterocycles. The van der Waals surface area contributed by atoms with Gasteiger partial charge in [0.1, 0.15) is 11.8 Å². The van der Waals surface area contributed by atoms with Crippen LogP contribution in [0.4, 0.5) is 0 Å². The Morgan fingerprint density at radius 3 is 2.33 bits per heavy atom. The second-order valence-electron chi connectivity index (χ2n) is 10.2. The summed E-state index contributed by atoms with van der Waals surface area (Å²) >= 11 is 0. The first-order valence-electron chi connectivity index (χ1n) is 14.2. The first-order chi connectivity index (χ1) is 19.1. The van der Waals surface area contributed by atoms with Gasteiger partial charge in [0.15, 0.2) is 0 Å². The minimum atomic E-state index is -0.581. The van der Waals surface area contributed by atoms with Gasteiger partial charge in [-0.1, -0.05) is 67.1 Å². The molecule has 3 aromatic carbocycles. The summed E-state index contributed by atoms with van der Waals surface area (Å²) in [5, 5.41) is 6.14. The fraction of sp³-hybridized carbons (Fsp3) is 0.394. The lowest BCUT2D eigenvalue weighted by Gasteiger charge is -2.27. The normalized spacial score (nSPS) is 14.4. The molecule has 1 heterocycles. The molecule has 206 valence electrons. The number of piperidine rings is 1.